The maximum absolute atomic E-state index is 11.8. The highest BCUT2D eigenvalue weighted by atomic mass is 32.2. The lowest BCUT2D eigenvalue weighted by Crippen LogP contribution is -2.30. The Balaban J connectivity index is 2.66. The molecule has 2 rings (SSSR count). The SMILES string of the molecule is CSC1=C(C#N)C(c2ccccc2)C(C(N)=O)=C(C)N1. The van der Waals surface area contributed by atoms with Crippen molar-refractivity contribution in [3.8, 4) is 6.07 Å². The molecule has 5 heteroatoms. The molecule has 1 aromatic rings. The van der Waals surface area contributed by atoms with Gasteiger partial charge >= 0.3 is 0 Å². The van der Waals surface area contributed by atoms with Crippen molar-refractivity contribution >= 4 is 17.7 Å². The van der Waals surface area contributed by atoms with Crippen LogP contribution in [0.15, 0.2) is 52.2 Å². The fourth-order valence-electron chi connectivity index (χ4n) is 2.38. The van der Waals surface area contributed by atoms with Crippen LogP contribution in [0.5, 0.6) is 0 Å². The molecule has 4 nitrogen and oxygen atoms in total. The van der Waals surface area contributed by atoms with Crippen LogP contribution in [0.3, 0.4) is 0 Å². The van der Waals surface area contributed by atoms with Crippen LogP contribution in [-0.4, -0.2) is 12.2 Å². The smallest absolute Gasteiger partial charge is 0.247 e. The molecule has 1 unspecified atom stereocenters. The maximum atomic E-state index is 11.8. The summed E-state index contributed by atoms with van der Waals surface area (Å²) in [6.07, 6.45) is 1.89. The zero-order chi connectivity index (χ0) is 14.7. The summed E-state index contributed by atoms with van der Waals surface area (Å²) >= 11 is 1.45. The van der Waals surface area contributed by atoms with E-state index in [1.807, 2.05) is 36.6 Å². The molecule has 0 aromatic heterocycles. The van der Waals surface area contributed by atoms with Gasteiger partial charge in [0.2, 0.25) is 5.91 Å². The summed E-state index contributed by atoms with van der Waals surface area (Å²) in [7, 11) is 0. The van der Waals surface area contributed by atoms with E-state index in [-0.39, 0.29) is 0 Å². The number of thioether (sulfide) groups is 1. The van der Waals surface area contributed by atoms with Gasteiger partial charge in [0.1, 0.15) is 0 Å². The normalized spacial score (nSPS) is 18.6. The second-order valence-electron chi connectivity index (χ2n) is 4.43. The van der Waals surface area contributed by atoms with Crippen LogP contribution < -0.4 is 11.1 Å². The lowest BCUT2D eigenvalue weighted by molar-refractivity contribution is -0.114. The summed E-state index contributed by atoms with van der Waals surface area (Å²) in [5, 5.41) is 13.3. The number of nitrogens with two attached hydrogens (primary N) is 1. The molecular formula is C15H15N3OS. The van der Waals surface area contributed by atoms with Gasteiger partial charge in [-0.25, -0.2) is 0 Å². The molecule has 1 atom stereocenters. The van der Waals surface area contributed by atoms with E-state index in [1.54, 1.807) is 6.92 Å². The van der Waals surface area contributed by atoms with Gasteiger partial charge in [0, 0.05) is 11.3 Å². The summed E-state index contributed by atoms with van der Waals surface area (Å²) in [5.74, 6) is -0.904. The first kappa shape index (κ1) is 14.2. The Bertz CT molecular complexity index is 641. The molecule has 0 aliphatic carbocycles. The number of amides is 1. The monoisotopic (exact) mass is 285 g/mol. The molecule has 1 heterocycles. The molecule has 1 aliphatic rings. The molecule has 102 valence electrons. The molecule has 0 radical (unpaired) electrons. The number of dihydropyridines is 1. The number of nitriles is 1. The molecule has 1 amide bonds. The van der Waals surface area contributed by atoms with E-state index in [0.29, 0.717) is 16.8 Å². The van der Waals surface area contributed by atoms with E-state index >= 15 is 0 Å². The number of rotatable bonds is 3. The van der Waals surface area contributed by atoms with Gasteiger partial charge in [-0.1, -0.05) is 30.3 Å². The largest absolute Gasteiger partial charge is 0.366 e. The molecule has 0 saturated carbocycles. The quantitative estimate of drug-likeness (QED) is 0.892. The van der Waals surface area contributed by atoms with Crippen LogP contribution in [0.25, 0.3) is 0 Å². The number of allylic oxidation sites excluding steroid dienone is 2. The minimum atomic E-state index is -0.503. The van der Waals surface area contributed by atoms with E-state index in [0.717, 1.165) is 10.6 Å². The Labute approximate surface area is 122 Å². The Morgan fingerprint density at radius 1 is 1.40 bits per heavy atom. The summed E-state index contributed by atoms with van der Waals surface area (Å²) in [4.78, 5) is 11.8. The lowest BCUT2D eigenvalue weighted by Gasteiger charge is -2.28. The lowest BCUT2D eigenvalue weighted by atomic mass is 9.82. The number of primary amides is 1. The van der Waals surface area contributed by atoms with E-state index in [2.05, 4.69) is 11.4 Å². The molecule has 0 spiro atoms. The molecule has 0 fully saturated rings. The second-order valence-corrected chi connectivity index (χ2v) is 5.25. The van der Waals surface area contributed by atoms with Crippen LogP contribution in [-0.2, 0) is 4.79 Å². The van der Waals surface area contributed by atoms with Gasteiger partial charge in [0.15, 0.2) is 0 Å². The van der Waals surface area contributed by atoms with Crippen molar-refractivity contribution in [2.75, 3.05) is 6.26 Å². The maximum Gasteiger partial charge on any atom is 0.247 e. The highest BCUT2D eigenvalue weighted by molar-refractivity contribution is 8.02. The number of nitrogens with one attached hydrogen (secondary N) is 1. The zero-order valence-electron chi connectivity index (χ0n) is 11.3. The Morgan fingerprint density at radius 3 is 2.55 bits per heavy atom. The third kappa shape index (κ3) is 2.43. The Hall–Kier alpha value is -2.19. The van der Waals surface area contributed by atoms with Gasteiger partial charge in [-0.3, -0.25) is 4.79 Å². The van der Waals surface area contributed by atoms with E-state index in [1.165, 1.54) is 11.8 Å². The average Bonchev–Trinajstić information content (AvgIpc) is 2.46. The third-order valence-electron chi connectivity index (χ3n) is 3.25. The van der Waals surface area contributed by atoms with Crippen molar-refractivity contribution < 1.29 is 4.79 Å². The number of nitrogens with zero attached hydrogens (tertiary/aromatic N) is 1. The van der Waals surface area contributed by atoms with Crippen molar-refractivity contribution in [1.82, 2.24) is 5.32 Å². The number of carbonyl (C=O) groups is 1. The summed E-state index contributed by atoms with van der Waals surface area (Å²) in [6, 6.07) is 11.7. The first-order valence-corrected chi connectivity index (χ1v) is 7.33. The van der Waals surface area contributed by atoms with Gasteiger partial charge < -0.3 is 11.1 Å². The first-order valence-electron chi connectivity index (χ1n) is 6.11. The summed E-state index contributed by atoms with van der Waals surface area (Å²) in [5.41, 5.74) is 8.09. The number of hydrogen-bond acceptors (Lipinski definition) is 4. The van der Waals surface area contributed by atoms with E-state index < -0.39 is 11.8 Å². The van der Waals surface area contributed by atoms with Crippen molar-refractivity contribution in [3.05, 3.63) is 57.8 Å². The highest BCUT2D eigenvalue weighted by Crippen LogP contribution is 2.39. The zero-order valence-corrected chi connectivity index (χ0v) is 12.1. The van der Waals surface area contributed by atoms with Crippen LogP contribution in [0, 0.1) is 11.3 Å². The minimum absolute atomic E-state index is 0.401. The second kappa shape index (κ2) is 5.85. The van der Waals surface area contributed by atoms with Gasteiger partial charge in [0.25, 0.3) is 0 Å². The molecule has 0 saturated heterocycles. The number of benzene rings is 1. The van der Waals surface area contributed by atoms with Crippen molar-refractivity contribution in [1.29, 1.82) is 5.26 Å². The molecular weight excluding hydrogens is 270 g/mol. The number of carbonyl (C=O) groups excluding carboxylic acids is 1. The average molecular weight is 285 g/mol. The van der Waals surface area contributed by atoms with Crippen molar-refractivity contribution in [3.63, 3.8) is 0 Å². The topological polar surface area (TPSA) is 78.9 Å². The first-order chi connectivity index (χ1) is 9.60. The number of hydrogen-bond donors (Lipinski definition) is 2. The van der Waals surface area contributed by atoms with Crippen LogP contribution in [0.2, 0.25) is 0 Å². The Morgan fingerprint density at radius 2 is 2.05 bits per heavy atom. The molecule has 3 N–H and O–H groups in total. The van der Waals surface area contributed by atoms with Gasteiger partial charge in [-0.05, 0) is 18.7 Å². The summed E-state index contributed by atoms with van der Waals surface area (Å²) < 4.78 is 0. The Kier molecular flexibility index (Phi) is 4.16. The molecule has 0 bridgehead atoms. The van der Waals surface area contributed by atoms with Gasteiger partial charge in [-0.15, -0.1) is 11.8 Å². The van der Waals surface area contributed by atoms with Gasteiger partial charge in [0.05, 0.1) is 22.6 Å². The molecule has 20 heavy (non-hydrogen) atoms. The van der Waals surface area contributed by atoms with Crippen molar-refractivity contribution in [2.45, 2.75) is 12.8 Å². The third-order valence-corrected chi connectivity index (χ3v) is 3.98. The van der Waals surface area contributed by atoms with Crippen LogP contribution in [0.4, 0.5) is 0 Å². The van der Waals surface area contributed by atoms with Crippen LogP contribution >= 0.6 is 11.8 Å². The van der Waals surface area contributed by atoms with Crippen molar-refractivity contribution in [2.24, 2.45) is 5.73 Å². The van der Waals surface area contributed by atoms with E-state index in [9.17, 15) is 10.1 Å². The predicted molar refractivity (Wildman–Crippen MR) is 80.4 cm³/mol. The minimum Gasteiger partial charge on any atom is -0.366 e. The fourth-order valence-corrected chi connectivity index (χ4v) is 3.02. The fraction of sp³-hybridized carbons (Fsp3) is 0.200. The van der Waals surface area contributed by atoms with Gasteiger partial charge in [-0.2, -0.15) is 5.26 Å². The predicted octanol–water partition coefficient (Wildman–Crippen LogP) is 2.23. The molecule has 1 aromatic carbocycles. The van der Waals surface area contributed by atoms with Crippen LogP contribution in [0.1, 0.15) is 18.4 Å². The summed E-state index contributed by atoms with van der Waals surface area (Å²) in [6.45, 7) is 1.81. The molecule has 1 aliphatic heterocycles. The standard InChI is InChI=1S/C15H15N3OS/c1-9-12(14(17)19)13(10-6-4-3-5-7-10)11(8-16)15(18-9)20-2/h3-7,13,18H,1-2H3,(H2,17,19). The van der Waals surface area contributed by atoms with E-state index in [4.69, 9.17) is 5.73 Å². The highest BCUT2D eigenvalue weighted by Gasteiger charge is 2.32.